The molecule has 0 aliphatic heterocycles. The van der Waals surface area contributed by atoms with Crippen molar-refractivity contribution < 1.29 is 19.0 Å². The smallest absolute Gasteiger partial charge is 0.229 e. The predicted molar refractivity (Wildman–Crippen MR) is 124 cm³/mol. The summed E-state index contributed by atoms with van der Waals surface area (Å²) in [6.45, 7) is 1.41. The average Bonchev–Trinajstić information content (AvgIpc) is 3.19. The van der Waals surface area contributed by atoms with Crippen LogP contribution in [-0.4, -0.2) is 39.5 Å². The molecule has 2 aromatic carbocycles. The summed E-state index contributed by atoms with van der Waals surface area (Å²) in [7, 11) is 1.54. The van der Waals surface area contributed by atoms with Gasteiger partial charge in [0.25, 0.3) is 0 Å². The van der Waals surface area contributed by atoms with Crippen molar-refractivity contribution in [3.63, 3.8) is 0 Å². The number of ether oxygens (including phenoxy) is 1. The number of amides is 1. The van der Waals surface area contributed by atoms with E-state index in [4.69, 9.17) is 9.84 Å². The second-order valence-electron chi connectivity index (χ2n) is 7.26. The number of anilines is 2. The van der Waals surface area contributed by atoms with Crippen LogP contribution in [0.25, 0.3) is 22.4 Å². The van der Waals surface area contributed by atoms with Gasteiger partial charge in [-0.25, -0.2) is 9.07 Å². The highest BCUT2D eigenvalue weighted by atomic mass is 19.1. The summed E-state index contributed by atoms with van der Waals surface area (Å²) < 4.78 is 20.7. The van der Waals surface area contributed by atoms with E-state index in [1.807, 2.05) is 24.3 Å². The van der Waals surface area contributed by atoms with Crippen LogP contribution in [0.2, 0.25) is 0 Å². The number of carbonyl (C=O) groups excluding carboxylic acids is 1. The van der Waals surface area contributed by atoms with Gasteiger partial charge >= 0.3 is 0 Å². The van der Waals surface area contributed by atoms with E-state index in [0.717, 1.165) is 5.56 Å². The third-order valence-corrected chi connectivity index (χ3v) is 5.18. The van der Waals surface area contributed by atoms with Crippen LogP contribution >= 0.6 is 0 Å². The first-order chi connectivity index (χ1) is 16.0. The fourth-order valence-electron chi connectivity index (χ4n) is 3.77. The number of para-hydroxylation sites is 2. The van der Waals surface area contributed by atoms with Gasteiger partial charge in [0.2, 0.25) is 5.91 Å². The first-order valence-electron chi connectivity index (χ1n) is 10.4. The van der Waals surface area contributed by atoms with Crippen LogP contribution in [-0.2, 0) is 11.3 Å². The SMILES string of the molecule is COc1ccccc1N(C(C)=O)c1c(-c2ccncc2)c(-c2ccc(F)cc2)nn1CCO. The second kappa shape index (κ2) is 9.62. The third-order valence-electron chi connectivity index (χ3n) is 5.18. The number of hydrogen-bond donors (Lipinski definition) is 1. The van der Waals surface area contributed by atoms with Crippen molar-refractivity contribution >= 4 is 17.4 Å². The Balaban J connectivity index is 2.07. The van der Waals surface area contributed by atoms with Crippen LogP contribution in [0.4, 0.5) is 15.9 Å². The van der Waals surface area contributed by atoms with Gasteiger partial charge in [0.15, 0.2) is 0 Å². The number of carbonyl (C=O) groups is 1. The molecule has 0 aliphatic carbocycles. The molecule has 7 nitrogen and oxygen atoms in total. The third kappa shape index (κ3) is 4.33. The number of halogens is 1. The maximum absolute atomic E-state index is 13.6. The lowest BCUT2D eigenvalue weighted by Crippen LogP contribution is -2.27. The van der Waals surface area contributed by atoms with Crippen molar-refractivity contribution in [3.8, 4) is 28.1 Å². The Morgan fingerprint density at radius 1 is 1.06 bits per heavy atom. The summed E-state index contributed by atoms with van der Waals surface area (Å²) >= 11 is 0. The van der Waals surface area contributed by atoms with Gasteiger partial charge in [-0.2, -0.15) is 5.10 Å². The van der Waals surface area contributed by atoms with Crippen LogP contribution in [0.3, 0.4) is 0 Å². The van der Waals surface area contributed by atoms with Gasteiger partial charge in [0.1, 0.15) is 23.1 Å². The number of hydrogen-bond acceptors (Lipinski definition) is 5. The molecule has 0 atom stereocenters. The molecule has 0 fully saturated rings. The monoisotopic (exact) mass is 446 g/mol. The molecule has 0 spiro atoms. The lowest BCUT2D eigenvalue weighted by molar-refractivity contribution is -0.115. The molecule has 168 valence electrons. The van der Waals surface area contributed by atoms with Gasteiger partial charge in [0, 0.05) is 24.9 Å². The summed E-state index contributed by atoms with van der Waals surface area (Å²) in [5, 5.41) is 14.5. The zero-order valence-corrected chi connectivity index (χ0v) is 18.3. The Labute approximate surface area is 190 Å². The lowest BCUT2D eigenvalue weighted by atomic mass is 10.0. The number of aliphatic hydroxyl groups excluding tert-OH is 1. The molecule has 0 unspecified atom stereocenters. The molecule has 33 heavy (non-hydrogen) atoms. The molecule has 2 heterocycles. The van der Waals surface area contributed by atoms with Crippen molar-refractivity contribution in [2.45, 2.75) is 13.5 Å². The quantitative estimate of drug-likeness (QED) is 0.454. The van der Waals surface area contributed by atoms with Gasteiger partial charge in [-0.1, -0.05) is 12.1 Å². The predicted octanol–water partition coefficient (Wildman–Crippen LogP) is 4.44. The van der Waals surface area contributed by atoms with Gasteiger partial charge in [-0.05, 0) is 54.1 Å². The highest BCUT2D eigenvalue weighted by Gasteiger charge is 2.29. The van der Waals surface area contributed by atoms with Crippen molar-refractivity contribution in [1.82, 2.24) is 14.8 Å². The van der Waals surface area contributed by atoms with E-state index >= 15 is 0 Å². The van der Waals surface area contributed by atoms with E-state index in [2.05, 4.69) is 4.98 Å². The zero-order chi connectivity index (χ0) is 23.4. The molecule has 4 aromatic rings. The number of benzene rings is 2. The van der Waals surface area contributed by atoms with Crippen molar-refractivity contribution in [2.75, 3.05) is 18.6 Å². The first-order valence-corrected chi connectivity index (χ1v) is 10.4. The van der Waals surface area contributed by atoms with E-state index in [1.165, 1.54) is 31.1 Å². The topological polar surface area (TPSA) is 80.5 Å². The second-order valence-corrected chi connectivity index (χ2v) is 7.26. The molecule has 1 N–H and O–H groups in total. The molecular weight excluding hydrogens is 423 g/mol. The molecule has 2 aromatic heterocycles. The highest BCUT2D eigenvalue weighted by molar-refractivity contribution is 6.05. The minimum absolute atomic E-state index is 0.146. The molecule has 0 saturated carbocycles. The van der Waals surface area contributed by atoms with Crippen molar-refractivity contribution in [1.29, 1.82) is 0 Å². The molecule has 8 heteroatoms. The largest absolute Gasteiger partial charge is 0.495 e. The van der Waals surface area contributed by atoms with E-state index in [-0.39, 0.29) is 24.9 Å². The number of methoxy groups -OCH3 is 1. The van der Waals surface area contributed by atoms with Crippen LogP contribution in [0.15, 0.2) is 73.1 Å². The van der Waals surface area contributed by atoms with Gasteiger partial charge in [-0.15, -0.1) is 0 Å². The van der Waals surface area contributed by atoms with Crippen molar-refractivity contribution in [3.05, 3.63) is 78.9 Å². The molecule has 4 rings (SSSR count). The van der Waals surface area contributed by atoms with Crippen molar-refractivity contribution in [2.24, 2.45) is 0 Å². The molecule has 0 saturated heterocycles. The number of pyridine rings is 1. The molecule has 0 aliphatic rings. The van der Waals surface area contributed by atoms with Gasteiger partial charge in [-0.3, -0.25) is 14.7 Å². The minimum Gasteiger partial charge on any atom is -0.495 e. The summed E-state index contributed by atoms with van der Waals surface area (Å²) in [5.41, 5.74) is 3.17. The van der Waals surface area contributed by atoms with E-state index in [1.54, 1.807) is 41.3 Å². The summed E-state index contributed by atoms with van der Waals surface area (Å²) in [4.78, 5) is 18.7. The van der Waals surface area contributed by atoms with Crippen LogP contribution in [0.5, 0.6) is 5.75 Å². The average molecular weight is 446 g/mol. The Bertz CT molecular complexity index is 1260. The Morgan fingerprint density at radius 3 is 2.39 bits per heavy atom. The standard InChI is InChI=1S/C25H23FN4O3/c1-17(32)30(21-5-3-4-6-22(21)33-2)25-23(18-11-13-27-14-12-18)24(28-29(25)15-16-31)19-7-9-20(26)10-8-19/h3-14,31H,15-16H2,1-2H3. The van der Waals surface area contributed by atoms with Gasteiger partial charge in [0.05, 0.1) is 31.5 Å². The Kier molecular flexibility index (Phi) is 6.46. The van der Waals surface area contributed by atoms with Crippen LogP contribution < -0.4 is 9.64 Å². The van der Waals surface area contributed by atoms with E-state index in [0.29, 0.717) is 34.1 Å². The summed E-state index contributed by atoms with van der Waals surface area (Å²) in [6, 6.07) is 16.8. The molecule has 1 amide bonds. The molecule has 0 radical (unpaired) electrons. The normalized spacial score (nSPS) is 10.8. The fraction of sp³-hybridized carbons (Fsp3) is 0.160. The van der Waals surface area contributed by atoms with Crippen LogP contribution in [0, 0.1) is 5.82 Å². The Hall–Kier alpha value is -4.04. The Morgan fingerprint density at radius 2 is 1.76 bits per heavy atom. The maximum atomic E-state index is 13.6. The zero-order valence-electron chi connectivity index (χ0n) is 18.3. The number of rotatable bonds is 7. The minimum atomic E-state index is -0.362. The number of aliphatic hydroxyl groups is 1. The fourth-order valence-corrected chi connectivity index (χ4v) is 3.77. The molecular formula is C25H23FN4O3. The first kappa shape index (κ1) is 22.2. The maximum Gasteiger partial charge on any atom is 0.229 e. The van der Waals surface area contributed by atoms with Gasteiger partial charge < -0.3 is 9.84 Å². The van der Waals surface area contributed by atoms with E-state index in [9.17, 15) is 14.3 Å². The van der Waals surface area contributed by atoms with Crippen LogP contribution in [0.1, 0.15) is 6.92 Å². The summed E-state index contributed by atoms with van der Waals surface area (Å²) in [5.74, 6) is 0.346. The van der Waals surface area contributed by atoms with E-state index < -0.39 is 0 Å². The number of nitrogens with zero attached hydrogens (tertiary/aromatic N) is 4. The highest BCUT2D eigenvalue weighted by Crippen LogP contribution is 2.44. The molecule has 0 bridgehead atoms. The lowest BCUT2D eigenvalue weighted by Gasteiger charge is -2.25. The summed E-state index contributed by atoms with van der Waals surface area (Å²) in [6.07, 6.45) is 3.30. The number of aromatic nitrogens is 3.